The highest BCUT2D eigenvalue weighted by atomic mass is 35.5. The molecule has 1 N–H and O–H groups in total. The van der Waals surface area contributed by atoms with Crippen molar-refractivity contribution < 1.29 is 23.6 Å². The third-order valence-electron chi connectivity index (χ3n) is 5.47. The first-order valence-electron chi connectivity index (χ1n) is 10.3. The molecule has 170 valence electrons. The van der Waals surface area contributed by atoms with E-state index in [9.17, 15) is 9.59 Å². The molecule has 1 aromatic carbocycles. The van der Waals surface area contributed by atoms with E-state index in [1.807, 2.05) is 0 Å². The standard InChI is InChI=1S/C24H22ClN3O5/c1-13-20(22(28-33-13)15-6-4-5-7-17(15)25)24(30)26-11-10-14-12-16-18(31-2)8-9-19(32-3)21(16)27-23(14)29/h4-9,12,16H,10-11H2,1-3H3,(H,26,30). The number of methoxy groups -OCH3 is 2. The largest absolute Gasteiger partial charge is 0.500 e. The number of carbonyl (C=O) groups excluding carboxylic acids is 2. The van der Waals surface area contributed by atoms with E-state index in [0.717, 1.165) is 0 Å². The van der Waals surface area contributed by atoms with Crippen LogP contribution in [-0.4, -0.2) is 43.4 Å². The third-order valence-corrected chi connectivity index (χ3v) is 5.80. The first kappa shape index (κ1) is 22.5. The zero-order valence-corrected chi connectivity index (χ0v) is 19.1. The fourth-order valence-corrected chi connectivity index (χ4v) is 4.03. The molecule has 2 aromatic rings. The number of rotatable bonds is 7. The molecule has 33 heavy (non-hydrogen) atoms. The van der Waals surface area contributed by atoms with Crippen LogP contribution in [0.15, 0.2) is 69.1 Å². The number of hydrogen-bond acceptors (Lipinski definition) is 6. The number of amides is 2. The molecular weight excluding hydrogens is 446 g/mol. The van der Waals surface area contributed by atoms with Crippen LogP contribution in [0, 0.1) is 12.8 Å². The van der Waals surface area contributed by atoms with Crippen LogP contribution >= 0.6 is 11.6 Å². The summed E-state index contributed by atoms with van der Waals surface area (Å²) in [4.78, 5) is 29.7. The molecule has 0 radical (unpaired) electrons. The lowest BCUT2D eigenvalue weighted by molar-refractivity contribution is -0.114. The maximum atomic E-state index is 12.9. The third kappa shape index (κ3) is 4.34. The second-order valence-electron chi connectivity index (χ2n) is 7.43. The van der Waals surface area contributed by atoms with E-state index < -0.39 is 0 Å². The minimum absolute atomic E-state index is 0.222. The predicted octanol–water partition coefficient (Wildman–Crippen LogP) is 4.02. The molecule has 9 heteroatoms. The van der Waals surface area contributed by atoms with Crippen LogP contribution in [0.4, 0.5) is 0 Å². The van der Waals surface area contributed by atoms with Crippen molar-refractivity contribution in [2.45, 2.75) is 13.3 Å². The lowest BCUT2D eigenvalue weighted by Gasteiger charge is -2.26. The molecule has 0 fully saturated rings. The molecule has 1 aliphatic carbocycles. The summed E-state index contributed by atoms with van der Waals surface area (Å²) in [5.74, 6) is 0.511. The molecular formula is C24H22ClN3O5. The molecule has 2 amide bonds. The molecule has 0 spiro atoms. The Morgan fingerprint density at radius 3 is 2.73 bits per heavy atom. The molecule has 1 unspecified atom stereocenters. The highest BCUT2D eigenvalue weighted by Gasteiger charge is 2.32. The van der Waals surface area contributed by atoms with Gasteiger partial charge in [-0.2, -0.15) is 0 Å². The van der Waals surface area contributed by atoms with Crippen molar-refractivity contribution in [1.29, 1.82) is 0 Å². The number of benzene rings is 1. The summed E-state index contributed by atoms with van der Waals surface area (Å²) < 4.78 is 16.0. The van der Waals surface area contributed by atoms with Gasteiger partial charge in [0, 0.05) is 17.7 Å². The number of halogens is 1. The zero-order valence-electron chi connectivity index (χ0n) is 18.3. The number of aromatic nitrogens is 1. The Morgan fingerprint density at radius 2 is 2.00 bits per heavy atom. The molecule has 2 aliphatic rings. The van der Waals surface area contributed by atoms with Crippen molar-refractivity contribution in [3.05, 3.63) is 75.9 Å². The Balaban J connectivity index is 1.47. The van der Waals surface area contributed by atoms with E-state index in [1.165, 1.54) is 7.11 Å². The monoisotopic (exact) mass is 467 g/mol. The van der Waals surface area contributed by atoms with Crippen LogP contribution in [0.25, 0.3) is 11.3 Å². The van der Waals surface area contributed by atoms with E-state index in [-0.39, 0.29) is 24.3 Å². The number of aliphatic imine (C=N–C) groups is 1. The average Bonchev–Trinajstić information content (AvgIpc) is 3.20. The van der Waals surface area contributed by atoms with E-state index in [0.29, 0.717) is 56.8 Å². The first-order chi connectivity index (χ1) is 15.9. The van der Waals surface area contributed by atoms with Gasteiger partial charge >= 0.3 is 0 Å². The van der Waals surface area contributed by atoms with E-state index in [1.54, 1.807) is 56.5 Å². The highest BCUT2D eigenvalue weighted by molar-refractivity contribution is 6.33. The van der Waals surface area contributed by atoms with Gasteiger partial charge in [-0.25, -0.2) is 4.99 Å². The predicted molar refractivity (Wildman–Crippen MR) is 123 cm³/mol. The minimum atomic E-state index is -0.367. The SMILES string of the molecule is COC1=CC=C(OC)C2C=C(CCNC(=O)c3c(-c4ccccc4Cl)noc3C)C(=O)N=C12. The zero-order chi connectivity index (χ0) is 23.5. The van der Waals surface area contributed by atoms with E-state index in [2.05, 4.69) is 15.5 Å². The molecule has 0 saturated heterocycles. The molecule has 8 nitrogen and oxygen atoms in total. The average molecular weight is 468 g/mol. The van der Waals surface area contributed by atoms with Crippen molar-refractivity contribution in [2.75, 3.05) is 20.8 Å². The van der Waals surface area contributed by atoms with Gasteiger partial charge in [-0.05, 0) is 31.6 Å². The molecule has 2 heterocycles. The molecule has 1 atom stereocenters. The number of allylic oxidation sites excluding steroid dienone is 4. The van der Waals surface area contributed by atoms with Crippen molar-refractivity contribution in [3.63, 3.8) is 0 Å². The summed E-state index contributed by atoms with van der Waals surface area (Å²) in [6.45, 7) is 1.88. The van der Waals surface area contributed by atoms with Crippen LogP contribution in [0.3, 0.4) is 0 Å². The fourth-order valence-electron chi connectivity index (χ4n) is 3.81. The van der Waals surface area contributed by atoms with Gasteiger partial charge in [0.1, 0.15) is 34.2 Å². The maximum Gasteiger partial charge on any atom is 0.273 e. The quantitative estimate of drug-likeness (QED) is 0.659. The van der Waals surface area contributed by atoms with Crippen LogP contribution in [0.2, 0.25) is 5.02 Å². The van der Waals surface area contributed by atoms with Crippen LogP contribution < -0.4 is 5.32 Å². The number of nitrogens with zero attached hydrogens (tertiary/aromatic N) is 2. The summed E-state index contributed by atoms with van der Waals surface area (Å²) >= 11 is 6.27. The molecule has 1 aliphatic heterocycles. The van der Waals surface area contributed by atoms with Gasteiger partial charge in [0.2, 0.25) is 0 Å². The normalized spacial score (nSPS) is 17.3. The van der Waals surface area contributed by atoms with Gasteiger partial charge in [0.15, 0.2) is 0 Å². The Hall–Kier alpha value is -3.65. The van der Waals surface area contributed by atoms with E-state index in [4.69, 9.17) is 25.6 Å². The van der Waals surface area contributed by atoms with Gasteiger partial charge < -0.3 is 19.3 Å². The maximum absolute atomic E-state index is 12.9. The summed E-state index contributed by atoms with van der Waals surface area (Å²) in [6.07, 6.45) is 5.61. The van der Waals surface area contributed by atoms with E-state index >= 15 is 0 Å². The van der Waals surface area contributed by atoms with Gasteiger partial charge in [0.25, 0.3) is 11.8 Å². The minimum Gasteiger partial charge on any atom is -0.500 e. The van der Waals surface area contributed by atoms with Crippen LogP contribution in [0.5, 0.6) is 0 Å². The van der Waals surface area contributed by atoms with Crippen LogP contribution in [0.1, 0.15) is 22.5 Å². The summed E-state index contributed by atoms with van der Waals surface area (Å²) in [7, 11) is 3.09. The lowest BCUT2D eigenvalue weighted by Crippen LogP contribution is -2.30. The van der Waals surface area contributed by atoms with Gasteiger partial charge in [-0.15, -0.1) is 0 Å². The van der Waals surface area contributed by atoms with Crippen molar-refractivity contribution in [1.82, 2.24) is 10.5 Å². The number of fused-ring (bicyclic) bond motifs is 1. The summed E-state index contributed by atoms with van der Waals surface area (Å²) in [6, 6.07) is 7.09. The number of aryl methyl sites for hydroxylation is 1. The smallest absolute Gasteiger partial charge is 0.273 e. The number of hydrogen-bond donors (Lipinski definition) is 1. The van der Waals surface area contributed by atoms with Crippen LogP contribution in [-0.2, 0) is 14.3 Å². The fraction of sp³-hybridized carbons (Fsp3) is 0.250. The van der Waals surface area contributed by atoms with Gasteiger partial charge in [-0.1, -0.05) is 41.0 Å². The molecule has 0 bridgehead atoms. The summed E-state index contributed by atoms with van der Waals surface area (Å²) in [5.41, 5.74) is 2.27. The Morgan fingerprint density at radius 1 is 1.21 bits per heavy atom. The Kier molecular flexibility index (Phi) is 6.46. The number of carbonyl (C=O) groups is 2. The van der Waals surface area contributed by atoms with Gasteiger partial charge in [0.05, 0.1) is 25.2 Å². The number of dihydropyridines is 1. The summed E-state index contributed by atoms with van der Waals surface area (Å²) in [5, 5.41) is 7.31. The van der Waals surface area contributed by atoms with Crippen molar-refractivity contribution >= 4 is 29.1 Å². The number of nitrogens with one attached hydrogen (secondary N) is 1. The second kappa shape index (κ2) is 9.46. The first-order valence-corrected chi connectivity index (χ1v) is 10.7. The second-order valence-corrected chi connectivity index (χ2v) is 7.84. The Bertz CT molecular complexity index is 1240. The molecule has 4 rings (SSSR count). The highest BCUT2D eigenvalue weighted by Crippen LogP contribution is 2.32. The molecule has 0 saturated carbocycles. The van der Waals surface area contributed by atoms with Gasteiger partial charge in [-0.3, -0.25) is 9.59 Å². The lowest BCUT2D eigenvalue weighted by atomic mass is 9.89. The van der Waals surface area contributed by atoms with Crippen molar-refractivity contribution in [2.24, 2.45) is 10.9 Å². The Labute approximate surface area is 195 Å². The number of ether oxygens (including phenoxy) is 2. The van der Waals surface area contributed by atoms with Crippen molar-refractivity contribution in [3.8, 4) is 11.3 Å². The molecule has 1 aromatic heterocycles. The topological polar surface area (TPSA) is 103 Å².